The van der Waals surface area contributed by atoms with Gasteiger partial charge in [-0.05, 0) is 62.8 Å². The molecule has 0 saturated carbocycles. The van der Waals surface area contributed by atoms with Crippen LogP contribution in [0.15, 0.2) is 48.9 Å². The number of rotatable bonds is 9. The normalized spacial score (nSPS) is 14.7. The van der Waals surface area contributed by atoms with Gasteiger partial charge < -0.3 is 20.9 Å². The standard InChI is InChI=1S/C29H34FN5/c1-5-9-19(4)35-17-15-21(35)13-12-20-18-32-16-14-23(20)28-29(27(31)25(7-3)33-28)34-26-11-8-10-24(30)22(26)6-2/h8,10-11,14,16,18,21,33-34H,4,6-7,12-13,15,17,31H2,1-3H3. The van der Waals surface area contributed by atoms with E-state index in [4.69, 9.17) is 5.73 Å². The number of likely N-dealkylation sites (tertiary alicyclic amines) is 1. The van der Waals surface area contributed by atoms with Crippen molar-refractivity contribution < 1.29 is 4.39 Å². The molecule has 0 bridgehead atoms. The van der Waals surface area contributed by atoms with Crippen LogP contribution in [0.1, 0.15) is 50.4 Å². The molecule has 35 heavy (non-hydrogen) atoms. The van der Waals surface area contributed by atoms with Crippen molar-refractivity contribution in [3.63, 3.8) is 0 Å². The molecule has 1 aromatic carbocycles. The monoisotopic (exact) mass is 471 g/mol. The van der Waals surface area contributed by atoms with E-state index in [0.29, 0.717) is 23.7 Å². The maximum absolute atomic E-state index is 14.5. The zero-order chi connectivity index (χ0) is 24.9. The van der Waals surface area contributed by atoms with Crippen molar-refractivity contribution in [2.24, 2.45) is 0 Å². The molecule has 1 saturated heterocycles. The van der Waals surface area contributed by atoms with Crippen molar-refractivity contribution in [1.29, 1.82) is 0 Å². The molecule has 6 heteroatoms. The Morgan fingerprint density at radius 1 is 1.31 bits per heavy atom. The Labute approximate surface area is 207 Å². The number of aromatic amines is 1. The third-order valence-electron chi connectivity index (χ3n) is 6.89. The molecule has 1 aliphatic heterocycles. The van der Waals surface area contributed by atoms with Crippen molar-refractivity contribution in [3.8, 4) is 23.1 Å². The molecule has 3 heterocycles. The lowest BCUT2D eigenvalue weighted by molar-refractivity contribution is 0.135. The number of nitrogens with zero attached hydrogens (tertiary/aromatic N) is 2. The summed E-state index contributed by atoms with van der Waals surface area (Å²) < 4.78 is 14.5. The van der Waals surface area contributed by atoms with Crippen LogP contribution in [0.5, 0.6) is 0 Å². The number of halogens is 1. The quantitative estimate of drug-likeness (QED) is 0.325. The molecule has 1 fully saturated rings. The summed E-state index contributed by atoms with van der Waals surface area (Å²) in [7, 11) is 0. The largest absolute Gasteiger partial charge is 0.396 e. The first-order valence-electron chi connectivity index (χ1n) is 12.3. The minimum absolute atomic E-state index is 0.215. The first-order chi connectivity index (χ1) is 17.0. The number of nitrogen functional groups attached to an aromatic ring is 1. The molecular weight excluding hydrogens is 437 g/mol. The summed E-state index contributed by atoms with van der Waals surface area (Å²) in [5.41, 5.74) is 14.4. The summed E-state index contributed by atoms with van der Waals surface area (Å²) in [5, 5.41) is 3.45. The van der Waals surface area contributed by atoms with Crippen molar-refractivity contribution in [2.45, 2.75) is 58.9 Å². The van der Waals surface area contributed by atoms with Crippen LogP contribution >= 0.6 is 0 Å². The lowest BCUT2D eigenvalue weighted by Crippen LogP contribution is -2.46. The Bertz CT molecular complexity index is 1280. The molecule has 2 aromatic heterocycles. The zero-order valence-electron chi connectivity index (χ0n) is 20.8. The second-order valence-corrected chi connectivity index (χ2v) is 8.89. The molecule has 4 rings (SSSR count). The fraction of sp³-hybridized carbons (Fsp3) is 0.345. The average molecular weight is 472 g/mol. The summed E-state index contributed by atoms with van der Waals surface area (Å²) in [5.74, 6) is 5.82. The van der Waals surface area contributed by atoms with Crippen LogP contribution in [0.4, 0.5) is 21.5 Å². The van der Waals surface area contributed by atoms with Crippen LogP contribution in [0.3, 0.4) is 0 Å². The number of nitrogens with one attached hydrogen (secondary N) is 2. The van der Waals surface area contributed by atoms with Gasteiger partial charge in [0.25, 0.3) is 0 Å². The second-order valence-electron chi connectivity index (χ2n) is 8.89. The van der Waals surface area contributed by atoms with Gasteiger partial charge >= 0.3 is 0 Å². The molecule has 0 amide bonds. The number of H-pyrrole nitrogens is 1. The van der Waals surface area contributed by atoms with Gasteiger partial charge in [0, 0.05) is 47.5 Å². The number of allylic oxidation sites excluding steroid dienone is 1. The van der Waals surface area contributed by atoms with Gasteiger partial charge in [-0.25, -0.2) is 4.39 Å². The molecule has 182 valence electrons. The minimum Gasteiger partial charge on any atom is -0.396 e. The van der Waals surface area contributed by atoms with Gasteiger partial charge in [-0.3, -0.25) is 4.98 Å². The fourth-order valence-electron chi connectivity index (χ4n) is 4.85. The van der Waals surface area contributed by atoms with E-state index >= 15 is 0 Å². The number of hydrogen-bond acceptors (Lipinski definition) is 4. The Morgan fingerprint density at radius 3 is 2.83 bits per heavy atom. The van der Waals surface area contributed by atoms with E-state index in [1.54, 1.807) is 12.3 Å². The number of hydrogen-bond donors (Lipinski definition) is 3. The molecular formula is C29H34FN5. The Morgan fingerprint density at radius 2 is 2.14 bits per heavy atom. The van der Waals surface area contributed by atoms with Crippen molar-refractivity contribution in [2.75, 3.05) is 17.6 Å². The van der Waals surface area contributed by atoms with E-state index in [1.165, 1.54) is 6.07 Å². The molecule has 0 aliphatic carbocycles. The van der Waals surface area contributed by atoms with Gasteiger partial charge in [0.1, 0.15) is 5.82 Å². The molecule has 5 nitrogen and oxygen atoms in total. The first kappa shape index (κ1) is 24.4. The molecule has 3 aromatic rings. The summed E-state index contributed by atoms with van der Waals surface area (Å²) in [6, 6.07) is 7.58. The van der Waals surface area contributed by atoms with Crippen LogP contribution in [0.25, 0.3) is 11.3 Å². The molecule has 1 atom stereocenters. The van der Waals surface area contributed by atoms with Crippen LogP contribution in [0.2, 0.25) is 0 Å². The van der Waals surface area contributed by atoms with Crippen LogP contribution in [0, 0.1) is 17.7 Å². The van der Waals surface area contributed by atoms with Crippen molar-refractivity contribution >= 4 is 17.1 Å². The zero-order valence-corrected chi connectivity index (χ0v) is 20.8. The smallest absolute Gasteiger partial charge is 0.128 e. The highest BCUT2D eigenvalue weighted by Gasteiger charge is 2.28. The number of aryl methyl sites for hydroxylation is 2. The predicted molar refractivity (Wildman–Crippen MR) is 143 cm³/mol. The number of nitrogens with two attached hydrogens (primary N) is 1. The molecule has 4 N–H and O–H groups in total. The first-order valence-corrected chi connectivity index (χ1v) is 12.3. The summed E-state index contributed by atoms with van der Waals surface area (Å²) >= 11 is 0. The summed E-state index contributed by atoms with van der Waals surface area (Å²) in [4.78, 5) is 10.2. The fourth-order valence-corrected chi connectivity index (χ4v) is 4.85. The summed E-state index contributed by atoms with van der Waals surface area (Å²) in [6.45, 7) is 11.0. The van der Waals surface area contributed by atoms with Gasteiger partial charge in [0.15, 0.2) is 0 Å². The molecule has 0 radical (unpaired) electrons. The topological polar surface area (TPSA) is 70.0 Å². The van der Waals surface area contributed by atoms with E-state index in [2.05, 4.69) is 45.5 Å². The number of benzene rings is 1. The maximum Gasteiger partial charge on any atom is 0.128 e. The number of anilines is 3. The Kier molecular flexibility index (Phi) is 7.45. The van der Waals surface area contributed by atoms with Crippen LogP contribution < -0.4 is 11.1 Å². The minimum atomic E-state index is -0.215. The predicted octanol–water partition coefficient (Wildman–Crippen LogP) is 6.21. The SMILES string of the molecule is C=C(C#CC)N1CCC1CCc1cnccc1-c1[nH]c(CC)c(N)c1Nc1cccc(F)c1CC. The number of pyridine rings is 1. The Balaban J connectivity index is 1.65. The number of aromatic nitrogens is 2. The molecule has 1 aliphatic rings. The van der Waals surface area contributed by atoms with Crippen molar-refractivity contribution in [1.82, 2.24) is 14.9 Å². The maximum atomic E-state index is 14.5. The highest BCUT2D eigenvalue weighted by atomic mass is 19.1. The third kappa shape index (κ3) is 4.90. The van der Waals surface area contributed by atoms with Gasteiger partial charge in [0.2, 0.25) is 0 Å². The lowest BCUT2D eigenvalue weighted by Gasteiger charge is -2.42. The van der Waals surface area contributed by atoms with Gasteiger partial charge in [-0.2, -0.15) is 0 Å². The van der Waals surface area contributed by atoms with Gasteiger partial charge in [0.05, 0.1) is 22.8 Å². The van der Waals surface area contributed by atoms with E-state index < -0.39 is 0 Å². The van der Waals surface area contributed by atoms with Gasteiger partial charge in [-0.15, -0.1) is 0 Å². The lowest BCUT2D eigenvalue weighted by atomic mass is 9.93. The summed E-state index contributed by atoms with van der Waals surface area (Å²) in [6.07, 6.45) is 8.10. The van der Waals surface area contributed by atoms with E-state index in [9.17, 15) is 4.39 Å². The molecule has 0 spiro atoms. The average Bonchev–Trinajstić information content (AvgIpc) is 3.14. The van der Waals surface area contributed by atoms with E-state index in [1.807, 2.05) is 32.2 Å². The van der Waals surface area contributed by atoms with Crippen LogP contribution in [-0.4, -0.2) is 27.5 Å². The highest BCUT2D eigenvalue weighted by Crippen LogP contribution is 2.40. The highest BCUT2D eigenvalue weighted by molar-refractivity contribution is 5.90. The Hall–Kier alpha value is -3.72. The van der Waals surface area contributed by atoms with E-state index in [0.717, 1.165) is 71.8 Å². The van der Waals surface area contributed by atoms with Crippen LogP contribution in [-0.2, 0) is 19.3 Å². The second kappa shape index (κ2) is 10.7. The molecule has 1 unspecified atom stereocenters. The van der Waals surface area contributed by atoms with Crippen molar-refractivity contribution in [3.05, 3.63) is 71.6 Å². The van der Waals surface area contributed by atoms with E-state index in [-0.39, 0.29) is 5.82 Å². The third-order valence-corrected chi connectivity index (χ3v) is 6.89. The van der Waals surface area contributed by atoms with Gasteiger partial charge in [-0.1, -0.05) is 38.3 Å².